The monoisotopic (exact) mass is 308 g/mol. The Hall–Kier alpha value is -1.80. The highest BCUT2D eigenvalue weighted by Crippen LogP contribution is 2.20. The lowest BCUT2D eigenvalue weighted by Gasteiger charge is -2.13. The predicted octanol–water partition coefficient (Wildman–Crippen LogP) is 1.32. The van der Waals surface area contributed by atoms with Crippen molar-refractivity contribution >= 4 is 17.4 Å². The maximum Gasteiger partial charge on any atom is 0.241 e. The summed E-state index contributed by atoms with van der Waals surface area (Å²) in [4.78, 5) is 13.2. The fourth-order valence-corrected chi connectivity index (χ4v) is 2.94. The third kappa shape index (κ3) is 3.27. The van der Waals surface area contributed by atoms with Crippen molar-refractivity contribution in [1.29, 1.82) is 0 Å². The highest BCUT2D eigenvalue weighted by molar-refractivity contribution is 7.05. The quantitative estimate of drug-likeness (QED) is 0.771. The summed E-state index contributed by atoms with van der Waals surface area (Å²) in [5.41, 5.74) is 9.26. The van der Waals surface area contributed by atoms with Crippen LogP contribution in [-0.2, 0) is 11.3 Å². The summed E-state index contributed by atoms with van der Waals surface area (Å²) in [5, 5.41) is 13.8. The second-order valence-electron chi connectivity index (χ2n) is 5.28. The van der Waals surface area contributed by atoms with Crippen molar-refractivity contribution < 1.29 is 4.79 Å². The van der Waals surface area contributed by atoms with Crippen LogP contribution in [0.5, 0.6) is 0 Å². The summed E-state index contributed by atoms with van der Waals surface area (Å²) >= 11 is 1.30. The lowest BCUT2D eigenvalue weighted by atomic mass is 10.1. The van der Waals surface area contributed by atoms with Gasteiger partial charge in [-0.15, -0.1) is 5.10 Å². The molecule has 2 rings (SSSR count). The van der Waals surface area contributed by atoms with Gasteiger partial charge >= 0.3 is 0 Å². The summed E-state index contributed by atoms with van der Waals surface area (Å²) in [6, 6.07) is -0.730. The third-order valence-corrected chi connectivity index (χ3v) is 4.07. The second kappa shape index (κ2) is 6.31. The van der Waals surface area contributed by atoms with Gasteiger partial charge in [0.25, 0.3) is 0 Å². The Bertz CT molecular complexity index is 613. The molecule has 0 aromatic carbocycles. The van der Waals surface area contributed by atoms with E-state index in [1.807, 2.05) is 27.7 Å². The van der Waals surface area contributed by atoms with Crippen molar-refractivity contribution in [3.63, 3.8) is 0 Å². The molecule has 21 heavy (non-hydrogen) atoms. The summed E-state index contributed by atoms with van der Waals surface area (Å²) in [5.74, 6) is 0.0494. The Morgan fingerprint density at radius 3 is 2.71 bits per heavy atom. The number of carbonyl (C=O) groups excluding carboxylic acids is 1. The molecular formula is C13H20N6OS. The normalized spacial score (nSPS) is 12.7. The minimum Gasteiger partial charge on any atom is -0.349 e. The van der Waals surface area contributed by atoms with Crippen LogP contribution in [-0.4, -0.2) is 25.7 Å². The van der Waals surface area contributed by atoms with E-state index >= 15 is 0 Å². The number of nitrogens with two attached hydrogens (primary N) is 1. The van der Waals surface area contributed by atoms with Crippen LogP contribution in [0.4, 0.5) is 0 Å². The van der Waals surface area contributed by atoms with Crippen molar-refractivity contribution in [2.75, 3.05) is 0 Å². The molecule has 2 aromatic rings. The number of hydrogen-bond acceptors (Lipinski definition) is 6. The fraction of sp³-hybridized carbons (Fsp3) is 0.538. The summed E-state index contributed by atoms with van der Waals surface area (Å²) < 4.78 is 3.94. The SMILES string of the molecule is Cc1n[nH]c(C)c1[C@H](N)C(=O)NCc1snnc1C(C)C. The van der Waals surface area contributed by atoms with Gasteiger partial charge in [-0.05, 0) is 31.3 Å². The van der Waals surface area contributed by atoms with Gasteiger partial charge in [-0.3, -0.25) is 9.89 Å². The van der Waals surface area contributed by atoms with E-state index in [0.29, 0.717) is 6.54 Å². The molecule has 0 spiro atoms. The summed E-state index contributed by atoms with van der Waals surface area (Å²) in [6.45, 7) is 8.17. The Kier molecular flexibility index (Phi) is 4.69. The molecule has 2 aromatic heterocycles. The highest BCUT2D eigenvalue weighted by Gasteiger charge is 2.22. The number of hydrogen-bond donors (Lipinski definition) is 3. The van der Waals surface area contributed by atoms with Crippen molar-refractivity contribution in [2.24, 2.45) is 5.73 Å². The van der Waals surface area contributed by atoms with Crippen LogP contribution < -0.4 is 11.1 Å². The molecule has 0 bridgehead atoms. The number of H-pyrrole nitrogens is 1. The molecule has 0 radical (unpaired) electrons. The Balaban J connectivity index is 2.03. The number of aryl methyl sites for hydroxylation is 2. The number of nitrogens with one attached hydrogen (secondary N) is 2. The zero-order valence-corrected chi connectivity index (χ0v) is 13.4. The molecular weight excluding hydrogens is 288 g/mol. The second-order valence-corrected chi connectivity index (χ2v) is 6.12. The van der Waals surface area contributed by atoms with Crippen LogP contribution in [0.15, 0.2) is 0 Å². The first kappa shape index (κ1) is 15.6. The van der Waals surface area contributed by atoms with E-state index in [1.165, 1.54) is 11.5 Å². The average Bonchev–Trinajstić information content (AvgIpc) is 3.02. The van der Waals surface area contributed by atoms with Gasteiger partial charge in [0.15, 0.2) is 0 Å². The highest BCUT2D eigenvalue weighted by atomic mass is 32.1. The molecule has 4 N–H and O–H groups in total. The number of rotatable bonds is 5. The van der Waals surface area contributed by atoms with Gasteiger partial charge in [0.2, 0.25) is 5.91 Å². The molecule has 0 aliphatic carbocycles. The van der Waals surface area contributed by atoms with Crippen LogP contribution in [0.2, 0.25) is 0 Å². The number of carbonyl (C=O) groups is 1. The third-order valence-electron chi connectivity index (χ3n) is 3.33. The van der Waals surface area contributed by atoms with E-state index in [1.54, 1.807) is 0 Å². The molecule has 0 saturated heterocycles. The molecule has 8 heteroatoms. The van der Waals surface area contributed by atoms with Gasteiger partial charge in [-0.25, -0.2) is 0 Å². The van der Waals surface area contributed by atoms with Gasteiger partial charge in [-0.1, -0.05) is 18.3 Å². The molecule has 7 nitrogen and oxygen atoms in total. The lowest BCUT2D eigenvalue weighted by Crippen LogP contribution is -2.34. The van der Waals surface area contributed by atoms with Crippen LogP contribution >= 0.6 is 11.5 Å². The Labute approximate surface area is 127 Å². The van der Waals surface area contributed by atoms with Crippen molar-refractivity contribution in [3.8, 4) is 0 Å². The molecule has 1 amide bonds. The van der Waals surface area contributed by atoms with Crippen molar-refractivity contribution in [2.45, 2.75) is 46.2 Å². The molecule has 1 atom stereocenters. The summed E-state index contributed by atoms with van der Waals surface area (Å²) in [6.07, 6.45) is 0. The largest absolute Gasteiger partial charge is 0.349 e. The molecule has 0 fully saturated rings. The van der Waals surface area contributed by atoms with Gasteiger partial charge < -0.3 is 11.1 Å². The Morgan fingerprint density at radius 1 is 1.43 bits per heavy atom. The molecule has 0 saturated carbocycles. The number of nitrogens with zero attached hydrogens (tertiary/aromatic N) is 3. The minimum atomic E-state index is -0.730. The van der Waals surface area contributed by atoms with E-state index in [2.05, 4.69) is 25.1 Å². The first-order valence-electron chi connectivity index (χ1n) is 6.77. The van der Waals surface area contributed by atoms with Crippen LogP contribution in [0.3, 0.4) is 0 Å². The Morgan fingerprint density at radius 2 is 2.14 bits per heavy atom. The van der Waals surface area contributed by atoms with Gasteiger partial charge in [0.1, 0.15) is 6.04 Å². The average molecular weight is 308 g/mol. The number of aromatic amines is 1. The number of aromatic nitrogens is 4. The smallest absolute Gasteiger partial charge is 0.241 e. The van der Waals surface area contributed by atoms with Crippen molar-refractivity contribution in [3.05, 3.63) is 27.5 Å². The number of amides is 1. The van der Waals surface area contributed by atoms with Crippen LogP contribution in [0.1, 0.15) is 53.3 Å². The van der Waals surface area contributed by atoms with E-state index in [0.717, 1.165) is 27.5 Å². The predicted molar refractivity (Wildman–Crippen MR) is 80.8 cm³/mol. The molecule has 0 unspecified atom stereocenters. The van der Waals surface area contributed by atoms with Gasteiger partial charge in [-0.2, -0.15) is 5.10 Å². The first-order chi connectivity index (χ1) is 9.91. The molecule has 0 aliphatic heterocycles. The molecule has 0 aliphatic rings. The van der Waals surface area contributed by atoms with E-state index < -0.39 is 6.04 Å². The maximum atomic E-state index is 12.2. The molecule has 2 heterocycles. The van der Waals surface area contributed by atoms with Crippen LogP contribution in [0.25, 0.3) is 0 Å². The first-order valence-corrected chi connectivity index (χ1v) is 7.55. The standard InChI is InChI=1S/C13H20N6OS/c1-6(2)12-9(21-19-18-12)5-15-13(20)11(14)10-7(3)16-17-8(10)4/h6,11H,5,14H2,1-4H3,(H,15,20)(H,16,17)/t11-/m0/s1. The van der Waals surface area contributed by atoms with Crippen molar-refractivity contribution in [1.82, 2.24) is 25.1 Å². The maximum absolute atomic E-state index is 12.2. The summed E-state index contributed by atoms with van der Waals surface area (Å²) in [7, 11) is 0. The lowest BCUT2D eigenvalue weighted by molar-refractivity contribution is -0.122. The topological polar surface area (TPSA) is 110 Å². The fourth-order valence-electron chi connectivity index (χ4n) is 2.20. The zero-order chi connectivity index (χ0) is 15.6. The van der Waals surface area contributed by atoms with E-state index in [-0.39, 0.29) is 11.8 Å². The van der Waals surface area contributed by atoms with Gasteiger partial charge in [0, 0.05) is 11.3 Å². The van der Waals surface area contributed by atoms with Gasteiger partial charge in [0.05, 0.1) is 22.8 Å². The molecule has 114 valence electrons. The van der Waals surface area contributed by atoms with E-state index in [9.17, 15) is 4.79 Å². The minimum absolute atomic E-state index is 0.231. The van der Waals surface area contributed by atoms with Crippen LogP contribution in [0, 0.1) is 13.8 Å². The zero-order valence-electron chi connectivity index (χ0n) is 12.6. The van der Waals surface area contributed by atoms with E-state index in [4.69, 9.17) is 5.73 Å².